The Labute approximate surface area is 170 Å². The quantitative estimate of drug-likeness (QED) is 0.612. The number of carbonyl (C=O) groups is 1. The minimum Gasteiger partial charge on any atom is -0.488 e. The van der Waals surface area contributed by atoms with Gasteiger partial charge in [-0.05, 0) is 45.4 Å². The molecule has 0 spiro atoms. The van der Waals surface area contributed by atoms with Crippen LogP contribution in [-0.4, -0.2) is 37.1 Å². The molecule has 160 valence electrons. The molecule has 3 rings (SSSR count). The summed E-state index contributed by atoms with van der Waals surface area (Å²) in [4.78, 5) is 15.4. The largest absolute Gasteiger partial charge is 0.488 e. The summed E-state index contributed by atoms with van der Waals surface area (Å²) in [6.45, 7) is 6.08. The zero-order valence-electron chi connectivity index (χ0n) is 17.3. The lowest BCUT2D eigenvalue weighted by Gasteiger charge is -2.29. The average Bonchev–Trinajstić information content (AvgIpc) is 3.06. The first-order valence-electron chi connectivity index (χ1n) is 10.4. The maximum Gasteiger partial charge on any atom is 0.193 e. The second kappa shape index (κ2) is 9.65. The van der Waals surface area contributed by atoms with Crippen molar-refractivity contribution in [3.63, 3.8) is 0 Å². The number of hydrogen-bond acceptors (Lipinski definition) is 5. The molecule has 1 saturated carbocycles. The van der Waals surface area contributed by atoms with Gasteiger partial charge in [0.1, 0.15) is 11.9 Å². The molecule has 5 nitrogen and oxygen atoms in total. The summed E-state index contributed by atoms with van der Waals surface area (Å²) in [5, 5.41) is 0. The standard InChI is InChI=1S/C22H29F2NO4/c1-4-27-22-18(23)11-19-17(21(22)24)10-20(25-19)29-16-7-5-15(6-8-16)28-12-13(2)9-14(3)26/h11,13,15-16H,4-10,12H2,1-3H3/t13-,15?,16?/m1/s1. The molecule has 1 heterocycles. The number of ketones is 1. The second-order valence-electron chi connectivity index (χ2n) is 7.98. The fourth-order valence-electron chi connectivity index (χ4n) is 3.92. The summed E-state index contributed by atoms with van der Waals surface area (Å²) in [6, 6.07) is 1.20. The van der Waals surface area contributed by atoms with E-state index in [4.69, 9.17) is 14.2 Å². The zero-order valence-corrected chi connectivity index (χ0v) is 17.3. The molecule has 0 aromatic heterocycles. The van der Waals surface area contributed by atoms with Gasteiger partial charge in [-0.2, -0.15) is 0 Å². The molecule has 0 amide bonds. The Morgan fingerprint density at radius 3 is 2.59 bits per heavy atom. The van der Waals surface area contributed by atoms with Gasteiger partial charge in [-0.1, -0.05) is 6.92 Å². The van der Waals surface area contributed by atoms with Crippen LogP contribution in [0.3, 0.4) is 0 Å². The molecule has 1 aromatic carbocycles. The molecular formula is C22H29F2NO4. The summed E-state index contributed by atoms with van der Waals surface area (Å²) in [7, 11) is 0. The van der Waals surface area contributed by atoms with Crippen LogP contribution in [0.25, 0.3) is 0 Å². The Hall–Kier alpha value is -2.02. The Morgan fingerprint density at radius 1 is 1.24 bits per heavy atom. The van der Waals surface area contributed by atoms with E-state index in [-0.39, 0.29) is 48.4 Å². The van der Waals surface area contributed by atoms with E-state index in [2.05, 4.69) is 4.99 Å². The fourth-order valence-corrected chi connectivity index (χ4v) is 3.92. The van der Waals surface area contributed by atoms with Gasteiger partial charge in [0.2, 0.25) is 0 Å². The van der Waals surface area contributed by atoms with E-state index in [1.165, 1.54) is 6.07 Å². The molecule has 0 radical (unpaired) electrons. The van der Waals surface area contributed by atoms with Crippen molar-refractivity contribution in [2.24, 2.45) is 10.9 Å². The van der Waals surface area contributed by atoms with Crippen molar-refractivity contribution in [3.8, 4) is 5.75 Å². The van der Waals surface area contributed by atoms with Crippen LogP contribution < -0.4 is 4.74 Å². The van der Waals surface area contributed by atoms with E-state index in [9.17, 15) is 13.6 Å². The maximum atomic E-state index is 14.5. The van der Waals surface area contributed by atoms with Gasteiger partial charge >= 0.3 is 0 Å². The molecule has 1 fully saturated rings. The first kappa shape index (κ1) is 21.7. The van der Waals surface area contributed by atoms with Gasteiger partial charge in [-0.25, -0.2) is 13.8 Å². The number of benzene rings is 1. The van der Waals surface area contributed by atoms with Crippen LogP contribution in [0, 0.1) is 17.6 Å². The number of halogens is 2. The zero-order chi connectivity index (χ0) is 21.0. The number of aliphatic imine (C=N–C) groups is 1. The second-order valence-corrected chi connectivity index (χ2v) is 7.98. The highest BCUT2D eigenvalue weighted by Crippen LogP contribution is 2.37. The average molecular weight is 409 g/mol. The van der Waals surface area contributed by atoms with Gasteiger partial charge in [0, 0.05) is 24.7 Å². The van der Waals surface area contributed by atoms with Crippen molar-refractivity contribution in [3.05, 3.63) is 23.3 Å². The minimum absolute atomic E-state index is 0.00294. The van der Waals surface area contributed by atoms with Crippen LogP contribution in [0.4, 0.5) is 14.5 Å². The van der Waals surface area contributed by atoms with Crippen LogP contribution in [-0.2, 0) is 20.7 Å². The third-order valence-corrected chi connectivity index (χ3v) is 5.29. The number of carbonyl (C=O) groups excluding carboxylic acids is 1. The highest BCUT2D eigenvalue weighted by atomic mass is 19.1. The highest BCUT2D eigenvalue weighted by molar-refractivity contribution is 5.88. The van der Waals surface area contributed by atoms with Gasteiger partial charge in [-0.3, -0.25) is 0 Å². The molecule has 0 bridgehead atoms. The molecule has 1 aliphatic carbocycles. The van der Waals surface area contributed by atoms with Crippen LogP contribution in [0.15, 0.2) is 11.1 Å². The van der Waals surface area contributed by atoms with Crippen LogP contribution in [0.5, 0.6) is 5.75 Å². The van der Waals surface area contributed by atoms with Crippen LogP contribution in [0.1, 0.15) is 58.4 Å². The van der Waals surface area contributed by atoms with E-state index in [1.54, 1.807) is 13.8 Å². The van der Waals surface area contributed by atoms with Crippen molar-refractivity contribution < 1.29 is 27.8 Å². The first-order valence-corrected chi connectivity index (χ1v) is 10.4. The number of ether oxygens (including phenoxy) is 3. The van der Waals surface area contributed by atoms with E-state index >= 15 is 0 Å². The monoisotopic (exact) mass is 409 g/mol. The molecule has 1 aliphatic heterocycles. The van der Waals surface area contributed by atoms with Gasteiger partial charge in [-0.15, -0.1) is 0 Å². The fraction of sp³-hybridized carbons (Fsp3) is 0.636. The maximum absolute atomic E-state index is 14.5. The molecule has 0 unspecified atom stereocenters. The Balaban J connectivity index is 1.48. The van der Waals surface area contributed by atoms with Gasteiger partial charge in [0.15, 0.2) is 23.3 Å². The number of hydrogen-bond donors (Lipinski definition) is 0. The Bertz CT molecular complexity index is 773. The lowest BCUT2D eigenvalue weighted by Crippen LogP contribution is -2.29. The summed E-state index contributed by atoms with van der Waals surface area (Å²) in [5.74, 6) is -0.956. The third kappa shape index (κ3) is 5.53. The minimum atomic E-state index is -0.746. The van der Waals surface area contributed by atoms with Crippen molar-refractivity contribution in [2.75, 3.05) is 13.2 Å². The van der Waals surface area contributed by atoms with Crippen molar-refractivity contribution in [1.29, 1.82) is 0 Å². The lowest BCUT2D eigenvalue weighted by atomic mass is 9.94. The predicted molar refractivity (Wildman–Crippen MR) is 106 cm³/mol. The normalized spacial score (nSPS) is 22.0. The van der Waals surface area contributed by atoms with E-state index < -0.39 is 11.6 Å². The Morgan fingerprint density at radius 2 is 1.93 bits per heavy atom. The Kier molecular flexibility index (Phi) is 7.22. The SMILES string of the molecule is CCOc1c(F)cc2c(c1F)CC(OC1CCC(OC[C@H](C)CC(C)=O)CC1)=N2. The smallest absolute Gasteiger partial charge is 0.193 e. The number of nitrogens with zero attached hydrogens (tertiary/aromatic N) is 1. The summed E-state index contributed by atoms with van der Waals surface area (Å²) in [6.07, 6.45) is 4.31. The summed E-state index contributed by atoms with van der Waals surface area (Å²) >= 11 is 0. The molecular weight excluding hydrogens is 380 g/mol. The molecule has 0 N–H and O–H groups in total. The molecule has 2 aliphatic rings. The highest BCUT2D eigenvalue weighted by Gasteiger charge is 2.29. The first-order chi connectivity index (χ1) is 13.9. The van der Waals surface area contributed by atoms with E-state index in [0.29, 0.717) is 24.5 Å². The van der Waals surface area contributed by atoms with Gasteiger partial charge in [0.25, 0.3) is 0 Å². The van der Waals surface area contributed by atoms with E-state index in [0.717, 1.165) is 25.7 Å². The van der Waals surface area contributed by atoms with Crippen LogP contribution >= 0.6 is 0 Å². The molecule has 29 heavy (non-hydrogen) atoms. The predicted octanol–water partition coefficient (Wildman–Crippen LogP) is 4.91. The molecule has 1 aromatic rings. The van der Waals surface area contributed by atoms with Crippen LogP contribution in [0.2, 0.25) is 0 Å². The van der Waals surface area contributed by atoms with Gasteiger partial charge in [0.05, 0.1) is 24.8 Å². The number of Topliss-reactive ketones (excluding diaryl/α,β-unsaturated/α-hetero) is 1. The summed E-state index contributed by atoms with van der Waals surface area (Å²) in [5.41, 5.74) is 0.594. The molecule has 7 heteroatoms. The van der Waals surface area contributed by atoms with Crippen molar-refractivity contribution >= 4 is 17.4 Å². The number of fused-ring (bicyclic) bond motifs is 1. The van der Waals surface area contributed by atoms with E-state index in [1.807, 2.05) is 6.92 Å². The topological polar surface area (TPSA) is 57.1 Å². The third-order valence-electron chi connectivity index (χ3n) is 5.29. The number of rotatable bonds is 8. The van der Waals surface area contributed by atoms with Crippen molar-refractivity contribution in [1.82, 2.24) is 0 Å². The van der Waals surface area contributed by atoms with Crippen molar-refractivity contribution in [2.45, 2.75) is 71.5 Å². The molecule has 1 atom stereocenters. The van der Waals surface area contributed by atoms with Gasteiger partial charge < -0.3 is 19.0 Å². The molecule has 0 saturated heterocycles. The summed E-state index contributed by atoms with van der Waals surface area (Å²) < 4.78 is 45.5. The lowest BCUT2D eigenvalue weighted by molar-refractivity contribution is -0.118.